The van der Waals surface area contributed by atoms with Crippen LogP contribution in [-0.4, -0.2) is 25.2 Å². The average Bonchev–Trinajstić information content (AvgIpc) is 1.85. The Balaban J connectivity index is 2.85. The third kappa shape index (κ3) is 1.80. The molecule has 0 aliphatic carbocycles. The smallest absolute Gasteiger partial charge is 0.160 e. The van der Waals surface area contributed by atoms with Crippen LogP contribution in [0.1, 0.15) is 26.2 Å². The molecule has 0 saturated carbocycles. The maximum atomic E-state index is 11.2. The van der Waals surface area contributed by atoms with Crippen LogP contribution in [0.3, 0.4) is 0 Å². The molecule has 0 bridgehead atoms. The quantitative estimate of drug-likeness (QED) is 0.586. The van der Waals surface area contributed by atoms with Crippen LogP contribution < -0.4 is 0 Å². The molecule has 1 saturated heterocycles. The zero-order chi connectivity index (χ0) is 8.48. The summed E-state index contributed by atoms with van der Waals surface area (Å²) in [5.74, 6) is -0.0123. The first-order valence-electron chi connectivity index (χ1n) is 3.76. The largest absolute Gasteiger partial charge is 0.299 e. The Hall–Kier alpha value is -0.380. The first kappa shape index (κ1) is 8.71. The Morgan fingerprint density at radius 1 is 1.36 bits per heavy atom. The van der Waals surface area contributed by atoms with E-state index < -0.39 is 15.1 Å². The van der Waals surface area contributed by atoms with Crippen LogP contribution in [0, 0.1) is 0 Å². The SMILES string of the molecule is CC(=O)C1CCCCS1(=O)=O. The minimum Gasteiger partial charge on any atom is -0.299 e. The second-order valence-electron chi connectivity index (χ2n) is 2.96. The summed E-state index contributed by atoms with van der Waals surface area (Å²) in [5.41, 5.74) is 0. The van der Waals surface area contributed by atoms with Gasteiger partial charge in [-0.05, 0) is 19.8 Å². The van der Waals surface area contributed by atoms with Crippen molar-refractivity contribution in [2.45, 2.75) is 31.4 Å². The van der Waals surface area contributed by atoms with E-state index in [0.717, 1.165) is 6.42 Å². The van der Waals surface area contributed by atoms with E-state index in [1.807, 2.05) is 0 Å². The summed E-state index contributed by atoms with van der Waals surface area (Å²) < 4.78 is 22.4. The third-order valence-electron chi connectivity index (χ3n) is 2.03. The van der Waals surface area contributed by atoms with Gasteiger partial charge in [0.15, 0.2) is 9.84 Å². The summed E-state index contributed by atoms with van der Waals surface area (Å²) in [7, 11) is -3.07. The molecule has 0 spiro atoms. The Kier molecular flexibility index (Phi) is 2.32. The van der Waals surface area contributed by atoms with E-state index in [4.69, 9.17) is 0 Å². The normalized spacial score (nSPS) is 29.7. The van der Waals surface area contributed by atoms with E-state index in [9.17, 15) is 13.2 Å². The molecular formula is C7H12O3S. The van der Waals surface area contributed by atoms with Gasteiger partial charge in [0.05, 0.1) is 5.75 Å². The molecule has 1 aliphatic rings. The summed E-state index contributed by atoms with van der Waals surface area (Å²) in [5, 5.41) is -0.698. The molecule has 1 fully saturated rings. The molecule has 0 aromatic heterocycles. The van der Waals surface area contributed by atoms with Crippen molar-refractivity contribution < 1.29 is 13.2 Å². The Morgan fingerprint density at radius 2 is 2.00 bits per heavy atom. The van der Waals surface area contributed by atoms with Crippen molar-refractivity contribution in [3.8, 4) is 0 Å². The van der Waals surface area contributed by atoms with Crippen LogP contribution in [-0.2, 0) is 14.6 Å². The van der Waals surface area contributed by atoms with Gasteiger partial charge in [0.2, 0.25) is 0 Å². The fourth-order valence-corrected chi connectivity index (χ4v) is 3.33. The molecule has 0 amide bonds. The van der Waals surface area contributed by atoms with Gasteiger partial charge >= 0.3 is 0 Å². The van der Waals surface area contributed by atoms with Gasteiger partial charge in [0.25, 0.3) is 0 Å². The van der Waals surface area contributed by atoms with Crippen molar-refractivity contribution in [1.29, 1.82) is 0 Å². The molecule has 1 unspecified atom stereocenters. The maximum Gasteiger partial charge on any atom is 0.160 e. The van der Waals surface area contributed by atoms with Crippen molar-refractivity contribution in [2.75, 3.05) is 5.75 Å². The highest BCUT2D eigenvalue weighted by atomic mass is 32.2. The van der Waals surface area contributed by atoms with E-state index in [1.165, 1.54) is 6.92 Å². The van der Waals surface area contributed by atoms with Crippen molar-refractivity contribution in [3.05, 3.63) is 0 Å². The summed E-state index contributed by atoms with van der Waals surface area (Å²) >= 11 is 0. The van der Waals surface area contributed by atoms with E-state index >= 15 is 0 Å². The lowest BCUT2D eigenvalue weighted by Crippen LogP contribution is -2.33. The van der Waals surface area contributed by atoms with E-state index in [0.29, 0.717) is 12.8 Å². The van der Waals surface area contributed by atoms with Crippen molar-refractivity contribution >= 4 is 15.6 Å². The zero-order valence-corrected chi connectivity index (χ0v) is 7.36. The first-order valence-corrected chi connectivity index (χ1v) is 5.47. The van der Waals surface area contributed by atoms with E-state index in [-0.39, 0.29) is 11.5 Å². The van der Waals surface area contributed by atoms with Gasteiger partial charge in [-0.25, -0.2) is 8.42 Å². The van der Waals surface area contributed by atoms with Crippen molar-refractivity contribution in [2.24, 2.45) is 0 Å². The second kappa shape index (κ2) is 2.93. The number of hydrogen-bond acceptors (Lipinski definition) is 3. The third-order valence-corrected chi connectivity index (χ3v) is 4.32. The van der Waals surface area contributed by atoms with Crippen LogP contribution in [0.4, 0.5) is 0 Å². The summed E-state index contributed by atoms with van der Waals surface area (Å²) in [6.45, 7) is 1.35. The van der Waals surface area contributed by atoms with Gasteiger partial charge in [-0.15, -0.1) is 0 Å². The number of sulfone groups is 1. The Morgan fingerprint density at radius 3 is 2.36 bits per heavy atom. The summed E-state index contributed by atoms with van der Waals surface area (Å²) in [6.07, 6.45) is 2.10. The average molecular weight is 176 g/mol. The molecule has 0 N–H and O–H groups in total. The lowest BCUT2D eigenvalue weighted by Gasteiger charge is -2.19. The topological polar surface area (TPSA) is 51.2 Å². The molecule has 0 aromatic carbocycles. The van der Waals surface area contributed by atoms with Crippen LogP contribution >= 0.6 is 0 Å². The van der Waals surface area contributed by atoms with Gasteiger partial charge < -0.3 is 0 Å². The fraction of sp³-hybridized carbons (Fsp3) is 0.857. The molecular weight excluding hydrogens is 164 g/mol. The lowest BCUT2D eigenvalue weighted by atomic mass is 10.1. The van der Waals surface area contributed by atoms with Crippen LogP contribution in [0.5, 0.6) is 0 Å². The zero-order valence-electron chi connectivity index (χ0n) is 6.54. The number of Topliss-reactive ketones (excluding diaryl/α,β-unsaturated/α-hetero) is 1. The number of carbonyl (C=O) groups is 1. The van der Waals surface area contributed by atoms with Gasteiger partial charge in [-0.1, -0.05) is 6.42 Å². The molecule has 11 heavy (non-hydrogen) atoms. The highest BCUT2D eigenvalue weighted by molar-refractivity contribution is 7.92. The van der Waals surface area contributed by atoms with Crippen LogP contribution in [0.25, 0.3) is 0 Å². The minimum atomic E-state index is -3.07. The molecule has 0 aromatic rings. The molecule has 4 heteroatoms. The number of rotatable bonds is 1. The van der Waals surface area contributed by atoms with Crippen LogP contribution in [0.15, 0.2) is 0 Å². The molecule has 3 nitrogen and oxygen atoms in total. The monoisotopic (exact) mass is 176 g/mol. The minimum absolute atomic E-state index is 0.192. The molecule has 0 radical (unpaired) electrons. The summed E-state index contributed by atoms with van der Waals surface area (Å²) in [4.78, 5) is 10.8. The number of carbonyl (C=O) groups excluding carboxylic acids is 1. The maximum absolute atomic E-state index is 11.2. The van der Waals surface area contributed by atoms with Crippen molar-refractivity contribution in [3.63, 3.8) is 0 Å². The molecule has 1 heterocycles. The molecule has 64 valence electrons. The van der Waals surface area contributed by atoms with Crippen molar-refractivity contribution in [1.82, 2.24) is 0 Å². The Labute approximate surface area is 66.7 Å². The van der Waals surface area contributed by atoms with Gasteiger partial charge in [-0.2, -0.15) is 0 Å². The van der Waals surface area contributed by atoms with Crippen LogP contribution in [0.2, 0.25) is 0 Å². The highest BCUT2D eigenvalue weighted by Gasteiger charge is 2.31. The Bertz CT molecular complexity index is 253. The molecule has 1 atom stereocenters. The lowest BCUT2D eigenvalue weighted by molar-refractivity contribution is -0.116. The predicted octanol–water partition coefficient (Wildman–Crippen LogP) is 0.543. The van der Waals surface area contributed by atoms with Gasteiger partial charge in [0.1, 0.15) is 11.0 Å². The van der Waals surface area contributed by atoms with Gasteiger partial charge in [0, 0.05) is 0 Å². The number of ketones is 1. The molecule has 1 rings (SSSR count). The molecule has 1 aliphatic heterocycles. The highest BCUT2D eigenvalue weighted by Crippen LogP contribution is 2.19. The van der Waals surface area contributed by atoms with E-state index in [1.54, 1.807) is 0 Å². The van der Waals surface area contributed by atoms with Gasteiger partial charge in [-0.3, -0.25) is 4.79 Å². The summed E-state index contributed by atoms with van der Waals surface area (Å²) in [6, 6.07) is 0. The first-order chi connectivity index (χ1) is 5.04. The standard InChI is InChI=1S/C7H12O3S/c1-6(8)7-4-2-3-5-11(7,9)10/h7H,2-5H2,1H3. The van der Waals surface area contributed by atoms with E-state index in [2.05, 4.69) is 0 Å². The number of hydrogen-bond donors (Lipinski definition) is 0. The second-order valence-corrected chi connectivity index (χ2v) is 5.27. The fourth-order valence-electron chi connectivity index (χ4n) is 1.41. The predicted molar refractivity (Wildman–Crippen MR) is 42.1 cm³/mol.